The van der Waals surface area contributed by atoms with Gasteiger partial charge in [0.15, 0.2) is 0 Å². The van der Waals surface area contributed by atoms with Crippen LogP contribution in [0.25, 0.3) is 0 Å². The molecule has 19 heavy (non-hydrogen) atoms. The second-order valence-electron chi connectivity index (χ2n) is 3.82. The zero-order chi connectivity index (χ0) is 13.8. The molecule has 2 rings (SSSR count). The molecule has 0 aromatic carbocycles. The van der Waals surface area contributed by atoms with Crippen LogP contribution in [0.2, 0.25) is 0 Å². The van der Waals surface area contributed by atoms with Gasteiger partial charge in [-0.15, -0.1) is 11.8 Å². The fourth-order valence-electron chi connectivity index (χ4n) is 1.62. The van der Waals surface area contributed by atoms with Gasteiger partial charge in [0.05, 0.1) is 17.8 Å². The Hall–Kier alpha value is -2.09. The quantitative estimate of drug-likeness (QED) is 0.557. The third-order valence-corrected chi connectivity index (χ3v) is 3.19. The summed E-state index contributed by atoms with van der Waals surface area (Å²) in [7, 11) is 0. The number of amides is 1. The van der Waals surface area contributed by atoms with E-state index in [4.69, 9.17) is 0 Å². The molecule has 0 radical (unpaired) electrons. The van der Waals surface area contributed by atoms with E-state index in [-0.39, 0.29) is 5.91 Å². The van der Waals surface area contributed by atoms with Gasteiger partial charge in [0.2, 0.25) is 0 Å². The monoisotopic (exact) mass is 279 g/mol. The number of aromatic nitrogens is 4. The fourth-order valence-corrected chi connectivity index (χ4v) is 2.25. The summed E-state index contributed by atoms with van der Waals surface area (Å²) < 4.78 is 0. The molecule has 0 aliphatic heterocycles. The Kier molecular flexibility index (Phi) is 4.00. The van der Waals surface area contributed by atoms with Crippen molar-refractivity contribution < 1.29 is 4.79 Å². The first-order chi connectivity index (χ1) is 9.11. The maximum Gasteiger partial charge on any atom is 0.346 e. The molecule has 0 saturated carbocycles. The molecule has 0 spiro atoms. The summed E-state index contributed by atoms with van der Waals surface area (Å²) in [4.78, 5) is 29.7. The Bertz CT molecular complexity index is 635. The van der Waals surface area contributed by atoms with Crippen molar-refractivity contribution >= 4 is 17.7 Å². The highest BCUT2D eigenvalue weighted by molar-refractivity contribution is 7.98. The zero-order valence-electron chi connectivity index (χ0n) is 10.5. The molecule has 7 nitrogen and oxygen atoms in total. The zero-order valence-corrected chi connectivity index (χ0v) is 11.3. The average molecular weight is 279 g/mol. The van der Waals surface area contributed by atoms with Crippen molar-refractivity contribution in [3.8, 4) is 0 Å². The normalized spacial score (nSPS) is 10.4. The smallest absolute Gasteiger partial charge is 0.346 e. The predicted octanol–water partition coefficient (Wildman–Crippen LogP) is 0.453. The molecule has 2 aromatic rings. The van der Waals surface area contributed by atoms with E-state index in [1.165, 1.54) is 11.8 Å². The first-order valence-electron chi connectivity index (χ1n) is 5.53. The molecule has 8 heteroatoms. The van der Waals surface area contributed by atoms with Crippen molar-refractivity contribution in [3.63, 3.8) is 0 Å². The molecule has 0 aliphatic carbocycles. The first kappa shape index (κ1) is 13.3. The van der Waals surface area contributed by atoms with Gasteiger partial charge in [-0.25, -0.2) is 4.79 Å². The summed E-state index contributed by atoms with van der Waals surface area (Å²) in [6.45, 7) is 2.01. The molecule has 0 fully saturated rings. The largest absolute Gasteiger partial charge is 0.346 e. The Morgan fingerprint density at radius 1 is 1.53 bits per heavy atom. The Morgan fingerprint density at radius 2 is 2.32 bits per heavy atom. The summed E-state index contributed by atoms with van der Waals surface area (Å²) in [5, 5.41) is 9.72. The minimum absolute atomic E-state index is 0.278. The average Bonchev–Trinajstić information content (AvgIpc) is 2.88. The van der Waals surface area contributed by atoms with Crippen LogP contribution < -0.4 is 11.0 Å². The highest BCUT2D eigenvalue weighted by Gasteiger charge is 2.16. The van der Waals surface area contributed by atoms with E-state index in [9.17, 15) is 9.59 Å². The molecule has 100 valence electrons. The van der Waals surface area contributed by atoms with E-state index < -0.39 is 5.69 Å². The molecule has 0 saturated heterocycles. The standard InChI is InChI=1S/C11H13N5O2S/c1-6-8(10(19-2)15-11(18)14-6)9(17)12-5-7-3-4-13-16-7/h3-4H,5H2,1-2H3,(H,12,17)(H,13,16)(H,14,15,18). The van der Waals surface area contributed by atoms with Crippen molar-refractivity contribution in [2.45, 2.75) is 18.5 Å². The lowest BCUT2D eigenvalue weighted by Gasteiger charge is -2.09. The van der Waals surface area contributed by atoms with Crippen molar-refractivity contribution in [2.75, 3.05) is 6.26 Å². The number of hydrogen-bond acceptors (Lipinski definition) is 5. The van der Waals surface area contributed by atoms with Gasteiger partial charge in [-0.1, -0.05) is 0 Å². The van der Waals surface area contributed by atoms with Crippen LogP contribution >= 0.6 is 11.8 Å². The van der Waals surface area contributed by atoms with Gasteiger partial charge < -0.3 is 10.3 Å². The topological polar surface area (TPSA) is 104 Å². The van der Waals surface area contributed by atoms with E-state index >= 15 is 0 Å². The highest BCUT2D eigenvalue weighted by atomic mass is 32.2. The number of nitrogens with zero attached hydrogens (tertiary/aromatic N) is 2. The lowest BCUT2D eigenvalue weighted by atomic mass is 10.2. The van der Waals surface area contributed by atoms with Crippen LogP contribution in [0.5, 0.6) is 0 Å². The van der Waals surface area contributed by atoms with E-state index in [1.54, 1.807) is 25.4 Å². The lowest BCUT2D eigenvalue weighted by Crippen LogP contribution is -2.27. The number of carbonyl (C=O) groups excluding carboxylic acids is 1. The van der Waals surface area contributed by atoms with Crippen molar-refractivity contribution in [1.82, 2.24) is 25.5 Å². The summed E-state index contributed by atoms with van der Waals surface area (Å²) in [5.41, 5.74) is 1.25. The number of carbonyl (C=O) groups is 1. The van der Waals surface area contributed by atoms with Crippen LogP contribution in [0, 0.1) is 6.92 Å². The molecule has 2 heterocycles. The predicted molar refractivity (Wildman–Crippen MR) is 71.1 cm³/mol. The minimum atomic E-state index is -0.452. The lowest BCUT2D eigenvalue weighted by molar-refractivity contribution is 0.0945. The third-order valence-electron chi connectivity index (χ3n) is 2.50. The molecule has 0 unspecified atom stereocenters. The van der Waals surface area contributed by atoms with Gasteiger partial charge in [-0.05, 0) is 19.2 Å². The second kappa shape index (κ2) is 5.70. The number of thioether (sulfide) groups is 1. The number of H-pyrrole nitrogens is 2. The van der Waals surface area contributed by atoms with Gasteiger partial charge >= 0.3 is 5.69 Å². The second-order valence-corrected chi connectivity index (χ2v) is 4.61. The highest BCUT2D eigenvalue weighted by Crippen LogP contribution is 2.17. The van der Waals surface area contributed by atoms with Crippen LogP contribution in [-0.4, -0.2) is 32.3 Å². The van der Waals surface area contributed by atoms with Gasteiger partial charge in [-0.3, -0.25) is 9.89 Å². The Balaban J connectivity index is 2.21. The third kappa shape index (κ3) is 3.02. The summed E-state index contributed by atoms with van der Waals surface area (Å²) in [5.74, 6) is -0.278. The van der Waals surface area contributed by atoms with Crippen LogP contribution in [0.3, 0.4) is 0 Å². The molecular formula is C11H13N5O2S. The number of nitrogens with one attached hydrogen (secondary N) is 3. The number of aromatic amines is 2. The molecule has 0 aliphatic rings. The van der Waals surface area contributed by atoms with Crippen LogP contribution in [0.15, 0.2) is 22.1 Å². The van der Waals surface area contributed by atoms with Crippen molar-refractivity contribution in [2.24, 2.45) is 0 Å². The van der Waals surface area contributed by atoms with Gasteiger partial charge in [0, 0.05) is 11.9 Å². The fraction of sp³-hybridized carbons (Fsp3) is 0.273. The Labute approximate surface area is 113 Å². The van der Waals surface area contributed by atoms with E-state index in [1.807, 2.05) is 0 Å². The molecule has 2 aromatic heterocycles. The number of rotatable bonds is 4. The maximum atomic E-state index is 12.1. The number of aryl methyl sites for hydroxylation is 1. The van der Waals surface area contributed by atoms with E-state index in [2.05, 4.69) is 25.5 Å². The maximum absolute atomic E-state index is 12.1. The molecular weight excluding hydrogens is 266 g/mol. The number of hydrogen-bond donors (Lipinski definition) is 3. The summed E-state index contributed by atoms with van der Waals surface area (Å²) in [6.07, 6.45) is 3.38. The molecule has 0 atom stereocenters. The van der Waals surface area contributed by atoms with E-state index in [0.717, 1.165) is 5.69 Å². The van der Waals surface area contributed by atoms with Crippen LogP contribution in [-0.2, 0) is 6.54 Å². The van der Waals surface area contributed by atoms with Crippen LogP contribution in [0.1, 0.15) is 21.7 Å². The van der Waals surface area contributed by atoms with Gasteiger partial charge in [0.25, 0.3) is 5.91 Å². The van der Waals surface area contributed by atoms with Gasteiger partial charge in [0.1, 0.15) is 5.03 Å². The first-order valence-corrected chi connectivity index (χ1v) is 6.75. The summed E-state index contributed by atoms with van der Waals surface area (Å²) >= 11 is 1.26. The van der Waals surface area contributed by atoms with E-state index in [0.29, 0.717) is 22.8 Å². The Morgan fingerprint density at radius 3 is 2.95 bits per heavy atom. The molecule has 1 amide bonds. The van der Waals surface area contributed by atoms with Crippen LogP contribution in [0.4, 0.5) is 0 Å². The van der Waals surface area contributed by atoms with Gasteiger partial charge in [-0.2, -0.15) is 10.1 Å². The molecule has 0 bridgehead atoms. The van der Waals surface area contributed by atoms with Crippen molar-refractivity contribution in [1.29, 1.82) is 0 Å². The summed E-state index contributed by atoms with van der Waals surface area (Å²) in [6, 6.07) is 1.77. The molecule has 3 N–H and O–H groups in total. The minimum Gasteiger partial charge on any atom is -0.346 e. The van der Waals surface area contributed by atoms with Crippen molar-refractivity contribution in [3.05, 3.63) is 39.7 Å². The SMILES string of the molecule is CSc1nc(=O)[nH]c(C)c1C(=O)NCc1ccn[nH]1.